The van der Waals surface area contributed by atoms with Gasteiger partial charge in [-0.25, -0.2) is 15.0 Å². The maximum absolute atomic E-state index is 5.26. The summed E-state index contributed by atoms with van der Waals surface area (Å²) in [5, 5.41) is 7.30. The molecule has 0 radical (unpaired) electrons. The highest BCUT2D eigenvalue weighted by atomic mass is 15.0. The topological polar surface area (TPSA) is 48.5 Å². The van der Waals surface area contributed by atoms with E-state index in [-0.39, 0.29) is 10.8 Å². The monoisotopic (exact) mass is 799 g/mol. The standard InChI is InChI=1S/C57H45N5/c1-56(2)30-31-57(3,4)48-35-52-46(34-47(48)56)44-19-11-13-21-50(44)62(52)42-27-24-37(25-28-42)53-58-54(39-23-22-36-14-8-9-15-38(36)32-39)60-55(59-53)40-26-29-45-43-18-10-12-20-49(43)61(51(45)33-40)41-16-6-5-7-17-41/h5-29,32-35H,30-31H2,1-4H3. The molecule has 62 heavy (non-hydrogen) atoms. The Morgan fingerprint density at radius 2 is 0.823 bits per heavy atom. The Bertz CT molecular complexity index is 3570. The molecule has 3 aromatic heterocycles. The molecule has 298 valence electrons. The fraction of sp³-hybridized carbons (Fsp3) is 0.140. The summed E-state index contributed by atoms with van der Waals surface area (Å²) in [7, 11) is 0. The summed E-state index contributed by atoms with van der Waals surface area (Å²) in [5.41, 5.74) is 12.9. The zero-order valence-electron chi connectivity index (χ0n) is 35.4. The molecule has 8 aromatic carbocycles. The lowest BCUT2D eigenvalue weighted by Gasteiger charge is -2.42. The molecular formula is C57H45N5. The minimum absolute atomic E-state index is 0.103. The van der Waals surface area contributed by atoms with Crippen molar-refractivity contribution in [2.24, 2.45) is 0 Å². The molecule has 1 aliphatic rings. The zero-order chi connectivity index (χ0) is 41.7. The van der Waals surface area contributed by atoms with Gasteiger partial charge in [0, 0.05) is 49.6 Å². The van der Waals surface area contributed by atoms with E-state index in [1.807, 2.05) is 0 Å². The predicted molar refractivity (Wildman–Crippen MR) is 258 cm³/mol. The number of benzene rings is 8. The molecule has 0 amide bonds. The van der Waals surface area contributed by atoms with Crippen molar-refractivity contribution in [3.05, 3.63) is 187 Å². The maximum atomic E-state index is 5.26. The van der Waals surface area contributed by atoms with E-state index in [2.05, 4.69) is 213 Å². The van der Waals surface area contributed by atoms with E-state index in [0.29, 0.717) is 17.5 Å². The number of hydrogen-bond acceptors (Lipinski definition) is 3. The van der Waals surface area contributed by atoms with Crippen LogP contribution in [0.4, 0.5) is 0 Å². The van der Waals surface area contributed by atoms with Crippen molar-refractivity contribution in [2.45, 2.75) is 51.4 Å². The van der Waals surface area contributed by atoms with Crippen molar-refractivity contribution < 1.29 is 0 Å². The van der Waals surface area contributed by atoms with Crippen molar-refractivity contribution in [3.8, 4) is 45.5 Å². The molecule has 5 nitrogen and oxygen atoms in total. The molecule has 0 bridgehead atoms. The third-order valence-electron chi connectivity index (χ3n) is 13.6. The molecule has 0 fully saturated rings. The van der Waals surface area contributed by atoms with E-state index in [4.69, 9.17) is 15.0 Å². The van der Waals surface area contributed by atoms with Crippen LogP contribution in [0.25, 0.3) is 99.9 Å². The van der Waals surface area contributed by atoms with Gasteiger partial charge in [-0.05, 0) is 118 Å². The Morgan fingerprint density at radius 3 is 1.50 bits per heavy atom. The predicted octanol–water partition coefficient (Wildman–Crippen LogP) is 14.6. The molecule has 0 saturated carbocycles. The lowest BCUT2D eigenvalue weighted by atomic mass is 9.63. The van der Waals surface area contributed by atoms with Crippen LogP contribution in [-0.2, 0) is 10.8 Å². The van der Waals surface area contributed by atoms with Crippen LogP contribution in [0, 0.1) is 0 Å². The number of para-hydroxylation sites is 3. The Labute approximate surface area is 361 Å². The third-order valence-corrected chi connectivity index (χ3v) is 13.6. The Kier molecular flexibility index (Phi) is 7.98. The van der Waals surface area contributed by atoms with E-state index in [9.17, 15) is 0 Å². The molecule has 5 heteroatoms. The minimum atomic E-state index is 0.103. The number of nitrogens with zero attached hydrogens (tertiary/aromatic N) is 5. The zero-order valence-corrected chi connectivity index (χ0v) is 35.4. The van der Waals surface area contributed by atoms with Gasteiger partial charge in [0.25, 0.3) is 0 Å². The molecule has 0 spiro atoms. The van der Waals surface area contributed by atoms with E-state index < -0.39 is 0 Å². The van der Waals surface area contributed by atoms with Gasteiger partial charge in [0.2, 0.25) is 0 Å². The van der Waals surface area contributed by atoms with E-state index in [0.717, 1.165) is 44.5 Å². The van der Waals surface area contributed by atoms with Crippen LogP contribution in [0.3, 0.4) is 0 Å². The van der Waals surface area contributed by atoms with Crippen molar-refractivity contribution in [1.82, 2.24) is 24.1 Å². The van der Waals surface area contributed by atoms with Gasteiger partial charge in [-0.15, -0.1) is 0 Å². The first-order valence-electron chi connectivity index (χ1n) is 21.7. The molecular weight excluding hydrogens is 755 g/mol. The minimum Gasteiger partial charge on any atom is -0.309 e. The quantitative estimate of drug-likeness (QED) is 0.174. The molecule has 0 unspecified atom stereocenters. The lowest BCUT2D eigenvalue weighted by Crippen LogP contribution is -2.33. The highest BCUT2D eigenvalue weighted by Crippen LogP contribution is 2.48. The number of hydrogen-bond donors (Lipinski definition) is 0. The van der Waals surface area contributed by atoms with Crippen molar-refractivity contribution in [1.29, 1.82) is 0 Å². The highest BCUT2D eigenvalue weighted by molar-refractivity contribution is 6.11. The van der Waals surface area contributed by atoms with Gasteiger partial charge < -0.3 is 9.13 Å². The number of fused-ring (bicyclic) bond motifs is 8. The molecule has 1 aliphatic carbocycles. The average molecular weight is 800 g/mol. The van der Waals surface area contributed by atoms with Gasteiger partial charge in [-0.3, -0.25) is 0 Å². The second-order valence-corrected chi connectivity index (χ2v) is 18.4. The summed E-state index contributed by atoms with van der Waals surface area (Å²) >= 11 is 0. The van der Waals surface area contributed by atoms with Crippen LogP contribution in [0.1, 0.15) is 51.7 Å². The van der Waals surface area contributed by atoms with Crippen LogP contribution in [0.15, 0.2) is 176 Å². The molecule has 12 rings (SSSR count). The summed E-state index contributed by atoms with van der Waals surface area (Å²) < 4.78 is 4.78. The second-order valence-electron chi connectivity index (χ2n) is 18.4. The summed E-state index contributed by atoms with van der Waals surface area (Å²) in [6, 6.07) is 63.3. The first-order chi connectivity index (χ1) is 30.2. The van der Waals surface area contributed by atoms with Gasteiger partial charge in [-0.1, -0.05) is 131 Å². The van der Waals surface area contributed by atoms with Crippen molar-refractivity contribution in [2.75, 3.05) is 0 Å². The van der Waals surface area contributed by atoms with Gasteiger partial charge in [0.1, 0.15) is 0 Å². The van der Waals surface area contributed by atoms with Crippen LogP contribution < -0.4 is 0 Å². The molecule has 11 aromatic rings. The maximum Gasteiger partial charge on any atom is 0.164 e. The SMILES string of the molecule is CC1(C)CCC(C)(C)c2cc3c(cc21)c1ccccc1n3-c1ccc(-c2nc(-c3ccc4ccccc4c3)nc(-c3ccc4c5ccccc5n(-c5ccccc5)c4c3)n2)cc1. The molecule has 0 atom stereocenters. The number of rotatable bonds is 5. The molecule has 0 saturated heterocycles. The molecule has 3 heterocycles. The summed E-state index contributed by atoms with van der Waals surface area (Å²) in [6.07, 6.45) is 2.36. The summed E-state index contributed by atoms with van der Waals surface area (Å²) in [4.78, 5) is 15.7. The largest absolute Gasteiger partial charge is 0.309 e. The Balaban J connectivity index is 1.03. The summed E-state index contributed by atoms with van der Waals surface area (Å²) in [6.45, 7) is 9.63. The van der Waals surface area contributed by atoms with E-state index in [1.54, 1.807) is 0 Å². The van der Waals surface area contributed by atoms with E-state index >= 15 is 0 Å². The smallest absolute Gasteiger partial charge is 0.164 e. The second kappa shape index (κ2) is 13.6. The Morgan fingerprint density at radius 1 is 0.355 bits per heavy atom. The van der Waals surface area contributed by atoms with Crippen LogP contribution in [-0.4, -0.2) is 24.1 Å². The van der Waals surface area contributed by atoms with Crippen LogP contribution in [0.2, 0.25) is 0 Å². The summed E-state index contributed by atoms with van der Waals surface area (Å²) in [5.74, 6) is 1.90. The average Bonchev–Trinajstić information content (AvgIpc) is 3.82. The Hall–Kier alpha value is -7.37. The van der Waals surface area contributed by atoms with Crippen molar-refractivity contribution in [3.63, 3.8) is 0 Å². The van der Waals surface area contributed by atoms with Gasteiger partial charge >= 0.3 is 0 Å². The first-order valence-corrected chi connectivity index (χ1v) is 21.7. The van der Waals surface area contributed by atoms with Crippen molar-refractivity contribution >= 4 is 54.4 Å². The third kappa shape index (κ3) is 5.72. The lowest BCUT2D eigenvalue weighted by molar-refractivity contribution is 0.332. The van der Waals surface area contributed by atoms with Gasteiger partial charge in [-0.2, -0.15) is 0 Å². The fourth-order valence-corrected chi connectivity index (χ4v) is 10.1. The van der Waals surface area contributed by atoms with Gasteiger partial charge in [0.15, 0.2) is 17.5 Å². The fourth-order valence-electron chi connectivity index (χ4n) is 10.1. The molecule has 0 N–H and O–H groups in total. The van der Waals surface area contributed by atoms with Gasteiger partial charge in [0.05, 0.1) is 22.1 Å². The first kappa shape index (κ1) is 36.5. The normalized spacial score (nSPS) is 14.6. The number of aromatic nitrogens is 5. The molecule has 0 aliphatic heterocycles. The van der Waals surface area contributed by atoms with Crippen LogP contribution in [0.5, 0.6) is 0 Å². The van der Waals surface area contributed by atoms with E-state index in [1.165, 1.54) is 61.9 Å². The highest BCUT2D eigenvalue weighted by Gasteiger charge is 2.38. The van der Waals surface area contributed by atoms with Crippen LogP contribution >= 0.6 is 0 Å².